The van der Waals surface area contributed by atoms with Crippen LogP contribution in [0.5, 0.6) is 5.75 Å². The minimum atomic E-state index is -0.661. The number of carbonyl (C=O) groups excluding carboxylic acids is 4. The van der Waals surface area contributed by atoms with Crippen molar-refractivity contribution in [1.29, 1.82) is 0 Å². The third kappa shape index (κ3) is 4.01. The van der Waals surface area contributed by atoms with E-state index >= 15 is 0 Å². The van der Waals surface area contributed by atoms with Crippen molar-refractivity contribution in [1.82, 2.24) is 20.4 Å². The van der Waals surface area contributed by atoms with Gasteiger partial charge in [-0.3, -0.25) is 19.7 Å². The molecule has 1 aromatic rings. The summed E-state index contributed by atoms with van der Waals surface area (Å²) in [6.07, 6.45) is 0.0255. The summed E-state index contributed by atoms with van der Waals surface area (Å²) in [5.74, 6) is -1.24. The van der Waals surface area contributed by atoms with Crippen LogP contribution < -0.4 is 15.4 Å². The van der Waals surface area contributed by atoms with Gasteiger partial charge >= 0.3 is 6.09 Å². The molecular weight excluding hydrogens is 400 g/mol. The van der Waals surface area contributed by atoms with Crippen LogP contribution in [0.4, 0.5) is 4.79 Å². The van der Waals surface area contributed by atoms with Crippen LogP contribution in [-0.4, -0.2) is 65.3 Å². The van der Waals surface area contributed by atoms with Crippen molar-refractivity contribution < 1.29 is 23.9 Å². The number of piperidine rings is 1. The number of fused-ring (bicyclic) bond motifs is 1. The van der Waals surface area contributed by atoms with Gasteiger partial charge in [0.05, 0.1) is 5.92 Å². The monoisotopic (exact) mass is 428 g/mol. The van der Waals surface area contributed by atoms with Gasteiger partial charge in [-0.05, 0) is 44.9 Å². The summed E-state index contributed by atoms with van der Waals surface area (Å²) in [6, 6.07) is 3.27. The number of nitrogens with zero attached hydrogens (tertiary/aromatic N) is 2. The quantitative estimate of drug-likeness (QED) is 0.689. The lowest BCUT2D eigenvalue weighted by atomic mass is 9.85. The van der Waals surface area contributed by atoms with E-state index in [1.807, 2.05) is 20.8 Å². The number of amides is 4. The Morgan fingerprint density at radius 2 is 1.84 bits per heavy atom. The molecule has 0 aromatic heterocycles. The van der Waals surface area contributed by atoms with Crippen LogP contribution in [0.15, 0.2) is 12.1 Å². The maximum atomic E-state index is 13.0. The maximum absolute atomic E-state index is 13.0. The Labute approximate surface area is 181 Å². The zero-order valence-electron chi connectivity index (χ0n) is 18.1. The number of carbonyl (C=O) groups is 4. The molecule has 9 nitrogen and oxygen atoms in total. The average Bonchev–Trinajstić information content (AvgIpc) is 3.06. The minimum absolute atomic E-state index is 0.115. The first kappa shape index (κ1) is 21.3. The molecule has 1 unspecified atom stereocenters. The molecule has 0 aliphatic carbocycles. The fraction of sp³-hybridized carbons (Fsp3) is 0.545. The standard InChI is InChI=1S/C22H28N4O5/c1-22(2,3)26-12-15-13(20(26)29)4-6-16(31-21(30)25-10-8-23-9-11-25)18(15)14-5-7-17(27)24-19(14)28/h4,6,14,23H,5,7-12H2,1-3H3,(H,24,27,28). The highest BCUT2D eigenvalue weighted by molar-refractivity contribution is 6.03. The molecule has 2 fully saturated rings. The summed E-state index contributed by atoms with van der Waals surface area (Å²) in [4.78, 5) is 53.6. The molecule has 1 aromatic carbocycles. The molecule has 2 saturated heterocycles. The Balaban J connectivity index is 1.74. The van der Waals surface area contributed by atoms with Crippen molar-refractivity contribution in [3.05, 3.63) is 28.8 Å². The van der Waals surface area contributed by atoms with Crippen LogP contribution in [0.3, 0.4) is 0 Å². The second kappa shape index (κ2) is 7.96. The van der Waals surface area contributed by atoms with E-state index in [9.17, 15) is 19.2 Å². The largest absolute Gasteiger partial charge is 0.415 e. The van der Waals surface area contributed by atoms with Crippen molar-refractivity contribution in [3.8, 4) is 5.75 Å². The summed E-state index contributed by atoms with van der Waals surface area (Å²) in [6.45, 7) is 8.63. The lowest BCUT2D eigenvalue weighted by Crippen LogP contribution is -2.47. The fourth-order valence-electron chi connectivity index (χ4n) is 4.38. The molecule has 0 radical (unpaired) electrons. The van der Waals surface area contributed by atoms with E-state index in [0.29, 0.717) is 55.8 Å². The molecule has 3 aliphatic rings. The first-order valence-corrected chi connectivity index (χ1v) is 10.7. The van der Waals surface area contributed by atoms with Crippen LogP contribution in [0.1, 0.15) is 61.0 Å². The van der Waals surface area contributed by atoms with Gasteiger partial charge in [-0.1, -0.05) is 0 Å². The molecule has 9 heteroatoms. The average molecular weight is 428 g/mol. The van der Waals surface area contributed by atoms with Crippen LogP contribution in [0.25, 0.3) is 0 Å². The highest BCUT2D eigenvalue weighted by Gasteiger charge is 2.41. The second-order valence-electron chi connectivity index (χ2n) is 9.17. The van der Waals surface area contributed by atoms with Gasteiger partial charge < -0.3 is 19.9 Å². The van der Waals surface area contributed by atoms with Gasteiger partial charge in [0.15, 0.2) is 0 Å². The molecule has 3 aliphatic heterocycles. The smallest absolute Gasteiger partial charge is 0.410 e. The van der Waals surface area contributed by atoms with Gasteiger partial charge in [0, 0.05) is 55.8 Å². The molecule has 4 amide bonds. The highest BCUT2D eigenvalue weighted by Crippen LogP contribution is 2.41. The Morgan fingerprint density at radius 1 is 1.13 bits per heavy atom. The number of hydrogen-bond donors (Lipinski definition) is 2. The van der Waals surface area contributed by atoms with E-state index in [-0.39, 0.29) is 24.0 Å². The molecule has 0 saturated carbocycles. The number of benzene rings is 1. The Bertz CT molecular complexity index is 946. The van der Waals surface area contributed by atoms with E-state index in [1.165, 1.54) is 0 Å². The third-order valence-corrected chi connectivity index (χ3v) is 6.08. The van der Waals surface area contributed by atoms with Crippen LogP contribution in [0, 0.1) is 0 Å². The topological polar surface area (TPSA) is 108 Å². The van der Waals surface area contributed by atoms with Gasteiger partial charge in [0.25, 0.3) is 5.91 Å². The zero-order chi connectivity index (χ0) is 22.3. The first-order valence-electron chi connectivity index (χ1n) is 10.7. The minimum Gasteiger partial charge on any atom is -0.410 e. The summed E-state index contributed by atoms with van der Waals surface area (Å²) >= 11 is 0. The number of ether oxygens (including phenoxy) is 1. The fourth-order valence-corrected chi connectivity index (χ4v) is 4.38. The molecule has 3 heterocycles. The summed E-state index contributed by atoms with van der Waals surface area (Å²) in [5, 5.41) is 5.57. The third-order valence-electron chi connectivity index (χ3n) is 6.08. The van der Waals surface area contributed by atoms with Crippen LogP contribution in [0.2, 0.25) is 0 Å². The maximum Gasteiger partial charge on any atom is 0.415 e. The van der Waals surface area contributed by atoms with E-state index in [1.54, 1.807) is 21.9 Å². The lowest BCUT2D eigenvalue weighted by molar-refractivity contribution is -0.134. The van der Waals surface area contributed by atoms with E-state index in [4.69, 9.17) is 4.74 Å². The Morgan fingerprint density at radius 3 is 2.48 bits per heavy atom. The highest BCUT2D eigenvalue weighted by atomic mass is 16.6. The summed E-state index contributed by atoms with van der Waals surface area (Å²) < 4.78 is 5.76. The second-order valence-corrected chi connectivity index (χ2v) is 9.17. The number of piperazine rings is 1. The summed E-state index contributed by atoms with van der Waals surface area (Å²) in [5.41, 5.74) is 1.33. The van der Waals surface area contributed by atoms with Gasteiger partial charge in [-0.25, -0.2) is 4.79 Å². The molecular formula is C22H28N4O5. The Hall–Kier alpha value is -2.94. The molecule has 2 N–H and O–H groups in total. The molecule has 166 valence electrons. The SMILES string of the molecule is CC(C)(C)N1Cc2c(ccc(OC(=O)N3CCNCC3)c2C2CCC(=O)NC2=O)C1=O. The van der Waals surface area contributed by atoms with Crippen molar-refractivity contribution in [3.63, 3.8) is 0 Å². The zero-order valence-corrected chi connectivity index (χ0v) is 18.1. The molecule has 0 spiro atoms. The van der Waals surface area contributed by atoms with Gasteiger partial charge in [-0.2, -0.15) is 0 Å². The number of nitrogens with one attached hydrogen (secondary N) is 2. The number of imide groups is 1. The van der Waals surface area contributed by atoms with Crippen LogP contribution in [-0.2, 0) is 16.1 Å². The van der Waals surface area contributed by atoms with Crippen LogP contribution >= 0.6 is 0 Å². The number of rotatable bonds is 2. The van der Waals surface area contributed by atoms with Crippen molar-refractivity contribution in [2.45, 2.75) is 51.6 Å². The molecule has 0 bridgehead atoms. The molecule has 4 rings (SSSR count). The normalized spacial score (nSPS) is 21.8. The van der Waals surface area contributed by atoms with E-state index < -0.39 is 23.5 Å². The lowest BCUT2D eigenvalue weighted by Gasteiger charge is -2.32. The van der Waals surface area contributed by atoms with Gasteiger partial charge in [0.1, 0.15) is 5.75 Å². The number of hydrogen-bond acceptors (Lipinski definition) is 6. The molecule has 31 heavy (non-hydrogen) atoms. The predicted octanol–water partition coefficient (Wildman–Crippen LogP) is 1.37. The Kier molecular flexibility index (Phi) is 5.47. The van der Waals surface area contributed by atoms with E-state index in [0.717, 1.165) is 0 Å². The van der Waals surface area contributed by atoms with Crippen molar-refractivity contribution >= 4 is 23.8 Å². The summed E-state index contributed by atoms with van der Waals surface area (Å²) in [7, 11) is 0. The van der Waals surface area contributed by atoms with Gasteiger partial charge in [0.2, 0.25) is 11.8 Å². The first-order chi connectivity index (χ1) is 14.7. The predicted molar refractivity (Wildman–Crippen MR) is 112 cm³/mol. The van der Waals surface area contributed by atoms with Gasteiger partial charge in [-0.15, -0.1) is 0 Å². The van der Waals surface area contributed by atoms with E-state index in [2.05, 4.69) is 10.6 Å². The van der Waals surface area contributed by atoms with Crippen molar-refractivity contribution in [2.75, 3.05) is 26.2 Å². The molecule has 1 atom stereocenters. The van der Waals surface area contributed by atoms with Crippen molar-refractivity contribution in [2.24, 2.45) is 0 Å².